The van der Waals surface area contributed by atoms with Gasteiger partial charge < -0.3 is 10.2 Å². The fourth-order valence-electron chi connectivity index (χ4n) is 0. The maximum absolute atomic E-state index is 8.56. The minimum Gasteiger partial charge on any atom is -0.450 e. The second kappa shape index (κ2) is 9.38. The largest absolute Gasteiger partial charge is 0.503 e. The summed E-state index contributed by atoms with van der Waals surface area (Å²) in [7, 11) is 0. The van der Waals surface area contributed by atoms with Gasteiger partial charge in [0.25, 0.3) is 0 Å². The van der Waals surface area contributed by atoms with Gasteiger partial charge in [-0.25, -0.2) is 4.79 Å². The van der Waals surface area contributed by atoms with E-state index >= 15 is 0 Å². The lowest BCUT2D eigenvalue weighted by Gasteiger charge is -1.60. The van der Waals surface area contributed by atoms with E-state index in [0.717, 1.165) is 0 Å². The zero-order valence-corrected chi connectivity index (χ0v) is 4.96. The topological polar surface area (TPSA) is 57.5 Å². The van der Waals surface area contributed by atoms with Gasteiger partial charge in [0.05, 0.1) is 0 Å². The molecule has 0 aliphatic rings. The fraction of sp³-hybridized carbons (Fsp3) is 0.400. The van der Waals surface area contributed by atoms with E-state index in [4.69, 9.17) is 15.0 Å². The molecule has 0 saturated carbocycles. The summed E-state index contributed by atoms with van der Waals surface area (Å²) in [6.07, 6.45) is 2.17. The highest BCUT2D eigenvalue weighted by molar-refractivity contribution is 5.53. The summed E-state index contributed by atoms with van der Waals surface area (Å²) in [6.45, 7) is 4.00. The summed E-state index contributed by atoms with van der Waals surface area (Å²) in [5.41, 5.74) is 0. The molecular formula is C5H10O3. The van der Waals surface area contributed by atoms with Gasteiger partial charge in [0, 0.05) is 0 Å². The van der Waals surface area contributed by atoms with Crippen molar-refractivity contribution in [1.29, 1.82) is 0 Å². The number of allylic oxidation sites excluding steroid dienone is 2. The zero-order valence-electron chi connectivity index (χ0n) is 4.96. The van der Waals surface area contributed by atoms with Crippen LogP contribution in [0.15, 0.2) is 12.2 Å². The third kappa shape index (κ3) is 806000. The SMILES string of the molecule is C/C=C\C.O=C(O)O. The van der Waals surface area contributed by atoms with E-state index in [9.17, 15) is 0 Å². The first-order valence-corrected chi connectivity index (χ1v) is 2.14. The van der Waals surface area contributed by atoms with Crippen LogP contribution in [-0.4, -0.2) is 16.4 Å². The average molecular weight is 118 g/mol. The molecule has 0 unspecified atom stereocenters. The lowest BCUT2D eigenvalue weighted by atomic mass is 10.6. The number of hydrogen-bond acceptors (Lipinski definition) is 1. The summed E-state index contributed by atoms with van der Waals surface area (Å²) in [5.74, 6) is 0. The quantitative estimate of drug-likeness (QED) is 0.477. The molecule has 0 aromatic heterocycles. The molecular weight excluding hydrogens is 108 g/mol. The predicted octanol–water partition coefficient (Wildman–Crippen LogP) is 1.80. The minimum absolute atomic E-state index is 1.83. The molecule has 0 saturated heterocycles. The Morgan fingerprint density at radius 3 is 1.38 bits per heavy atom. The molecule has 0 fully saturated rings. The molecule has 0 atom stereocenters. The van der Waals surface area contributed by atoms with Gasteiger partial charge in [-0.1, -0.05) is 12.2 Å². The molecule has 0 aromatic carbocycles. The van der Waals surface area contributed by atoms with Crippen LogP contribution in [0.4, 0.5) is 4.79 Å². The maximum Gasteiger partial charge on any atom is 0.503 e. The van der Waals surface area contributed by atoms with Gasteiger partial charge in [-0.15, -0.1) is 0 Å². The van der Waals surface area contributed by atoms with Crippen LogP contribution >= 0.6 is 0 Å². The van der Waals surface area contributed by atoms with Crippen molar-refractivity contribution >= 4 is 6.16 Å². The molecule has 0 bridgehead atoms. The van der Waals surface area contributed by atoms with Crippen LogP contribution in [0.2, 0.25) is 0 Å². The van der Waals surface area contributed by atoms with Crippen molar-refractivity contribution in [2.45, 2.75) is 13.8 Å². The normalized spacial score (nSPS) is 7.75. The summed E-state index contributed by atoms with van der Waals surface area (Å²) in [4.78, 5) is 8.56. The third-order valence-corrected chi connectivity index (χ3v) is 0.333. The van der Waals surface area contributed by atoms with Crippen molar-refractivity contribution in [1.82, 2.24) is 0 Å². The number of rotatable bonds is 0. The Balaban J connectivity index is 0. The average Bonchev–Trinajstić information content (AvgIpc) is 1.65. The number of carboxylic acid groups (broad SMARTS) is 2. The van der Waals surface area contributed by atoms with Crippen LogP contribution in [-0.2, 0) is 0 Å². The first-order chi connectivity index (χ1) is 3.65. The van der Waals surface area contributed by atoms with Gasteiger partial charge in [-0.05, 0) is 13.8 Å². The monoisotopic (exact) mass is 118 g/mol. The van der Waals surface area contributed by atoms with Crippen molar-refractivity contribution in [2.75, 3.05) is 0 Å². The molecule has 0 heterocycles. The lowest BCUT2D eigenvalue weighted by molar-refractivity contribution is 0.137. The Hall–Kier alpha value is -0.990. The summed E-state index contributed by atoms with van der Waals surface area (Å²) in [6, 6.07) is 0. The molecule has 0 radical (unpaired) electrons. The molecule has 0 aliphatic carbocycles. The van der Waals surface area contributed by atoms with Crippen molar-refractivity contribution in [2.24, 2.45) is 0 Å². The van der Waals surface area contributed by atoms with Crippen molar-refractivity contribution < 1.29 is 15.0 Å². The summed E-state index contributed by atoms with van der Waals surface area (Å²) < 4.78 is 0. The van der Waals surface area contributed by atoms with Crippen LogP contribution in [0.25, 0.3) is 0 Å². The Morgan fingerprint density at radius 2 is 1.38 bits per heavy atom. The van der Waals surface area contributed by atoms with E-state index in [1.54, 1.807) is 0 Å². The van der Waals surface area contributed by atoms with E-state index in [1.165, 1.54) is 0 Å². The van der Waals surface area contributed by atoms with E-state index in [-0.39, 0.29) is 0 Å². The molecule has 0 aliphatic heterocycles. The lowest BCUT2D eigenvalue weighted by Crippen LogP contribution is -1.81. The van der Waals surface area contributed by atoms with Crippen LogP contribution in [0.3, 0.4) is 0 Å². The van der Waals surface area contributed by atoms with Gasteiger partial charge in [-0.2, -0.15) is 0 Å². The van der Waals surface area contributed by atoms with E-state index in [2.05, 4.69) is 0 Å². The van der Waals surface area contributed by atoms with Gasteiger partial charge >= 0.3 is 6.16 Å². The Labute approximate surface area is 48.3 Å². The van der Waals surface area contributed by atoms with Crippen LogP contribution < -0.4 is 0 Å². The van der Waals surface area contributed by atoms with Crippen molar-refractivity contribution in [3.8, 4) is 0 Å². The predicted molar refractivity (Wildman–Crippen MR) is 31.1 cm³/mol. The number of carbonyl (C=O) groups is 1. The Bertz CT molecular complexity index is 67.7. The molecule has 3 nitrogen and oxygen atoms in total. The molecule has 8 heavy (non-hydrogen) atoms. The van der Waals surface area contributed by atoms with E-state index in [1.807, 2.05) is 26.0 Å². The standard InChI is InChI=1S/C4H8.CH2O3/c1-3-4-2;2-1(3)4/h3-4H,1-2H3;(H2,2,3,4)/b4-3-;. The highest BCUT2D eigenvalue weighted by Crippen LogP contribution is 1.57. The van der Waals surface area contributed by atoms with Crippen LogP contribution in [0.1, 0.15) is 13.8 Å². The summed E-state index contributed by atoms with van der Waals surface area (Å²) in [5, 5.41) is 13.9. The van der Waals surface area contributed by atoms with Crippen molar-refractivity contribution in [3.05, 3.63) is 12.2 Å². The van der Waals surface area contributed by atoms with E-state index in [0.29, 0.717) is 0 Å². The molecule has 2 N–H and O–H groups in total. The zero-order chi connectivity index (χ0) is 6.99. The van der Waals surface area contributed by atoms with Crippen molar-refractivity contribution in [3.63, 3.8) is 0 Å². The van der Waals surface area contributed by atoms with Gasteiger partial charge in [0.1, 0.15) is 0 Å². The second-order valence-electron chi connectivity index (χ2n) is 0.949. The second-order valence-corrected chi connectivity index (χ2v) is 0.949. The number of hydrogen-bond donors (Lipinski definition) is 2. The van der Waals surface area contributed by atoms with E-state index < -0.39 is 6.16 Å². The molecule has 0 aromatic rings. The Kier molecular flexibility index (Phi) is 11.8. The maximum atomic E-state index is 8.56. The van der Waals surface area contributed by atoms with Gasteiger partial charge in [-0.3, -0.25) is 0 Å². The fourth-order valence-corrected chi connectivity index (χ4v) is 0. The first-order valence-electron chi connectivity index (χ1n) is 2.14. The molecule has 0 rings (SSSR count). The Morgan fingerprint density at radius 1 is 1.25 bits per heavy atom. The highest BCUT2D eigenvalue weighted by atomic mass is 16.6. The molecule has 0 amide bonds. The summed E-state index contributed by atoms with van der Waals surface area (Å²) >= 11 is 0. The van der Waals surface area contributed by atoms with Crippen LogP contribution in [0, 0.1) is 0 Å². The van der Waals surface area contributed by atoms with Gasteiger partial charge in [0.15, 0.2) is 0 Å². The molecule has 48 valence electrons. The van der Waals surface area contributed by atoms with Gasteiger partial charge in [0.2, 0.25) is 0 Å². The molecule has 0 spiro atoms. The highest BCUT2D eigenvalue weighted by Gasteiger charge is 1.70. The van der Waals surface area contributed by atoms with Crippen LogP contribution in [0.5, 0.6) is 0 Å². The smallest absolute Gasteiger partial charge is 0.450 e. The minimum atomic E-state index is -1.83. The first kappa shape index (κ1) is 10.1. The third-order valence-electron chi connectivity index (χ3n) is 0.333. The molecule has 3 heteroatoms.